The van der Waals surface area contributed by atoms with Gasteiger partial charge in [-0.15, -0.1) is 0 Å². The first-order chi connectivity index (χ1) is 9.88. The van der Waals surface area contributed by atoms with Crippen molar-refractivity contribution < 1.29 is 13.2 Å². The van der Waals surface area contributed by atoms with E-state index in [0.717, 1.165) is 17.3 Å². The van der Waals surface area contributed by atoms with Crippen LogP contribution in [-0.4, -0.2) is 22.0 Å². The Morgan fingerprint density at radius 1 is 1.19 bits per heavy atom. The number of hydrogen-bond acceptors (Lipinski definition) is 5. The number of anilines is 2. The number of hydrogen-bond donors (Lipinski definition) is 2. The minimum Gasteiger partial charge on any atom is -0.366 e. The van der Waals surface area contributed by atoms with Gasteiger partial charge in [0, 0.05) is 31.5 Å². The number of aryl methyl sites for hydroxylation is 1. The molecule has 0 atom stereocenters. The minimum absolute atomic E-state index is 0.0886. The average Bonchev–Trinajstić information content (AvgIpc) is 2.45. The van der Waals surface area contributed by atoms with Crippen molar-refractivity contribution in [3.05, 3.63) is 41.3 Å². The molecule has 0 bridgehead atoms. The molecule has 8 heteroatoms. The first-order valence-corrected chi connectivity index (χ1v) is 6.18. The number of pyridine rings is 1. The summed E-state index contributed by atoms with van der Waals surface area (Å²) in [5, 5.41) is 5.35. The molecule has 2 aromatic heterocycles. The van der Waals surface area contributed by atoms with Crippen LogP contribution in [0.15, 0.2) is 24.4 Å². The predicted octanol–water partition coefficient (Wildman–Crippen LogP) is 2.85. The minimum atomic E-state index is -4.52. The van der Waals surface area contributed by atoms with Crippen molar-refractivity contribution >= 4 is 11.8 Å². The van der Waals surface area contributed by atoms with Gasteiger partial charge in [0.05, 0.1) is 0 Å². The Kier molecular flexibility index (Phi) is 4.25. The van der Waals surface area contributed by atoms with Gasteiger partial charge in [-0.25, -0.2) is 4.98 Å². The maximum Gasteiger partial charge on any atom is 0.433 e. The largest absolute Gasteiger partial charge is 0.433 e. The van der Waals surface area contributed by atoms with Crippen LogP contribution >= 0.6 is 0 Å². The second kappa shape index (κ2) is 5.94. The smallest absolute Gasteiger partial charge is 0.366 e. The summed E-state index contributed by atoms with van der Waals surface area (Å²) >= 11 is 0. The average molecular weight is 297 g/mol. The quantitative estimate of drug-likeness (QED) is 0.908. The molecule has 2 rings (SSSR count). The number of rotatable bonds is 4. The molecule has 0 unspecified atom stereocenters. The molecule has 2 N–H and O–H groups in total. The Morgan fingerprint density at radius 2 is 1.95 bits per heavy atom. The highest BCUT2D eigenvalue weighted by Gasteiger charge is 2.33. The normalized spacial score (nSPS) is 11.3. The lowest BCUT2D eigenvalue weighted by molar-refractivity contribution is -0.141. The Labute approximate surface area is 119 Å². The number of halogens is 3. The number of nitrogens with one attached hydrogen (secondary N) is 2. The fraction of sp³-hybridized carbons (Fsp3) is 0.308. The molecule has 112 valence electrons. The molecule has 0 radical (unpaired) electrons. The van der Waals surface area contributed by atoms with Gasteiger partial charge in [-0.2, -0.15) is 18.2 Å². The molecule has 0 aliphatic rings. The van der Waals surface area contributed by atoms with E-state index in [1.165, 1.54) is 7.05 Å². The molecule has 21 heavy (non-hydrogen) atoms. The summed E-state index contributed by atoms with van der Waals surface area (Å²) in [5.41, 5.74) is 0.725. The van der Waals surface area contributed by atoms with Crippen molar-refractivity contribution in [3.8, 4) is 0 Å². The summed E-state index contributed by atoms with van der Waals surface area (Å²) in [7, 11) is 1.46. The van der Waals surface area contributed by atoms with Crippen LogP contribution in [0.25, 0.3) is 0 Å². The summed E-state index contributed by atoms with van der Waals surface area (Å²) in [5.74, 6) is 0.0107. The molecule has 0 aliphatic heterocycles. The number of alkyl halides is 3. The summed E-state index contributed by atoms with van der Waals surface area (Å²) < 4.78 is 38.2. The SMILES string of the molecule is CNc1nc(NCc2ccc(C)nc2)cc(C(F)(F)F)n1. The van der Waals surface area contributed by atoms with Crippen LogP contribution in [0.2, 0.25) is 0 Å². The summed E-state index contributed by atoms with van der Waals surface area (Å²) in [6.45, 7) is 2.18. The molecule has 0 saturated carbocycles. The third-order valence-electron chi connectivity index (χ3n) is 2.69. The third kappa shape index (κ3) is 4.04. The molecule has 2 heterocycles. The fourth-order valence-corrected chi connectivity index (χ4v) is 1.59. The zero-order valence-electron chi connectivity index (χ0n) is 11.5. The topological polar surface area (TPSA) is 62.7 Å². The standard InChI is InChI=1S/C13H14F3N5/c1-8-3-4-9(6-18-8)7-19-11-5-10(13(14,15)16)20-12(17-2)21-11/h3-6H,7H2,1-2H3,(H2,17,19,20,21). The molecular formula is C13H14F3N5. The Balaban J connectivity index is 2.17. The highest BCUT2D eigenvalue weighted by Crippen LogP contribution is 2.29. The third-order valence-corrected chi connectivity index (χ3v) is 2.69. The number of aromatic nitrogens is 3. The second-order valence-corrected chi connectivity index (χ2v) is 4.37. The van der Waals surface area contributed by atoms with Crippen molar-refractivity contribution in [2.24, 2.45) is 0 Å². The molecule has 5 nitrogen and oxygen atoms in total. The van der Waals surface area contributed by atoms with Crippen LogP contribution in [0.1, 0.15) is 17.0 Å². The van der Waals surface area contributed by atoms with Crippen LogP contribution < -0.4 is 10.6 Å². The molecule has 0 amide bonds. The van der Waals surface area contributed by atoms with Gasteiger partial charge in [-0.1, -0.05) is 6.07 Å². The van der Waals surface area contributed by atoms with Crippen LogP contribution in [-0.2, 0) is 12.7 Å². The monoisotopic (exact) mass is 297 g/mol. The Morgan fingerprint density at radius 3 is 2.52 bits per heavy atom. The van der Waals surface area contributed by atoms with Crippen molar-refractivity contribution in [1.82, 2.24) is 15.0 Å². The molecular weight excluding hydrogens is 283 g/mol. The molecule has 0 saturated heterocycles. The van der Waals surface area contributed by atoms with Crippen molar-refractivity contribution in [1.29, 1.82) is 0 Å². The summed E-state index contributed by atoms with van der Waals surface area (Å²) in [4.78, 5) is 11.5. The molecule has 0 aliphatic carbocycles. The van der Waals surface area contributed by atoms with Gasteiger partial charge in [0.1, 0.15) is 5.82 Å². The predicted molar refractivity (Wildman–Crippen MR) is 72.9 cm³/mol. The van der Waals surface area contributed by atoms with E-state index in [2.05, 4.69) is 25.6 Å². The van der Waals surface area contributed by atoms with Crippen LogP contribution in [0.4, 0.5) is 24.9 Å². The highest BCUT2D eigenvalue weighted by atomic mass is 19.4. The van der Waals surface area contributed by atoms with Gasteiger partial charge in [0.25, 0.3) is 0 Å². The first kappa shape index (κ1) is 15.0. The molecule has 0 fully saturated rings. The van der Waals surface area contributed by atoms with Crippen LogP contribution in [0.5, 0.6) is 0 Å². The van der Waals surface area contributed by atoms with E-state index in [0.29, 0.717) is 6.54 Å². The van der Waals surface area contributed by atoms with Gasteiger partial charge in [0.2, 0.25) is 5.95 Å². The molecule has 0 spiro atoms. The number of nitrogens with zero attached hydrogens (tertiary/aromatic N) is 3. The van der Waals surface area contributed by atoms with E-state index in [1.54, 1.807) is 6.20 Å². The maximum atomic E-state index is 12.7. The second-order valence-electron chi connectivity index (χ2n) is 4.37. The fourth-order valence-electron chi connectivity index (χ4n) is 1.59. The Hall–Kier alpha value is -2.38. The highest BCUT2D eigenvalue weighted by molar-refractivity contribution is 5.43. The maximum absolute atomic E-state index is 12.7. The lowest BCUT2D eigenvalue weighted by Crippen LogP contribution is -2.13. The van der Waals surface area contributed by atoms with Crippen molar-refractivity contribution in [2.45, 2.75) is 19.6 Å². The van der Waals surface area contributed by atoms with Crippen LogP contribution in [0.3, 0.4) is 0 Å². The first-order valence-electron chi connectivity index (χ1n) is 6.18. The lowest BCUT2D eigenvalue weighted by atomic mass is 10.2. The van der Waals surface area contributed by atoms with Gasteiger partial charge < -0.3 is 10.6 Å². The van der Waals surface area contributed by atoms with E-state index in [-0.39, 0.29) is 11.8 Å². The van der Waals surface area contributed by atoms with Crippen molar-refractivity contribution in [2.75, 3.05) is 17.7 Å². The van der Waals surface area contributed by atoms with Gasteiger partial charge in [-0.05, 0) is 18.6 Å². The summed E-state index contributed by atoms with van der Waals surface area (Å²) in [6.07, 6.45) is -2.86. The van der Waals surface area contributed by atoms with E-state index < -0.39 is 11.9 Å². The van der Waals surface area contributed by atoms with Crippen LogP contribution in [0, 0.1) is 6.92 Å². The van der Waals surface area contributed by atoms with E-state index in [9.17, 15) is 13.2 Å². The zero-order valence-corrected chi connectivity index (χ0v) is 11.5. The summed E-state index contributed by atoms with van der Waals surface area (Å²) in [6, 6.07) is 4.56. The van der Waals surface area contributed by atoms with E-state index in [1.807, 2.05) is 19.1 Å². The molecule has 0 aromatic carbocycles. The Bertz CT molecular complexity index is 610. The van der Waals surface area contributed by atoms with E-state index >= 15 is 0 Å². The van der Waals surface area contributed by atoms with Gasteiger partial charge in [-0.3, -0.25) is 4.98 Å². The van der Waals surface area contributed by atoms with E-state index in [4.69, 9.17) is 0 Å². The van der Waals surface area contributed by atoms with Crippen molar-refractivity contribution in [3.63, 3.8) is 0 Å². The van der Waals surface area contributed by atoms with Gasteiger partial charge >= 0.3 is 6.18 Å². The zero-order chi connectivity index (χ0) is 15.5. The molecule has 2 aromatic rings. The van der Waals surface area contributed by atoms with Gasteiger partial charge in [0.15, 0.2) is 5.69 Å². The lowest BCUT2D eigenvalue weighted by Gasteiger charge is -2.11.